The van der Waals surface area contributed by atoms with Gasteiger partial charge in [-0.2, -0.15) is 9.61 Å². The summed E-state index contributed by atoms with van der Waals surface area (Å²) >= 11 is 0. The molecule has 0 saturated heterocycles. The maximum atomic E-state index is 12.2. The Labute approximate surface area is 120 Å². The van der Waals surface area contributed by atoms with Crippen LogP contribution in [0.3, 0.4) is 0 Å². The van der Waals surface area contributed by atoms with Crippen molar-refractivity contribution in [3.63, 3.8) is 0 Å². The second kappa shape index (κ2) is 4.97. The fourth-order valence-corrected chi connectivity index (χ4v) is 2.22. The number of nitrogens with one attached hydrogen (secondary N) is 1. The van der Waals surface area contributed by atoms with Crippen LogP contribution in [-0.4, -0.2) is 35.7 Å². The molecule has 0 aliphatic heterocycles. The van der Waals surface area contributed by atoms with E-state index in [0.717, 1.165) is 17.0 Å². The van der Waals surface area contributed by atoms with Crippen molar-refractivity contribution in [1.82, 2.24) is 35.1 Å². The summed E-state index contributed by atoms with van der Waals surface area (Å²) in [5.41, 5.74) is 4.11. The molecular weight excluding hydrogens is 270 g/mol. The molecule has 0 aromatic carbocycles. The van der Waals surface area contributed by atoms with Gasteiger partial charge in [-0.1, -0.05) is 0 Å². The fraction of sp³-hybridized carbons (Fsp3) is 0.308. The summed E-state index contributed by atoms with van der Waals surface area (Å²) in [5.74, 6) is -0.171. The van der Waals surface area contributed by atoms with E-state index in [0.29, 0.717) is 17.8 Å². The highest BCUT2D eigenvalue weighted by Gasteiger charge is 2.12. The van der Waals surface area contributed by atoms with E-state index in [2.05, 4.69) is 25.9 Å². The van der Waals surface area contributed by atoms with Gasteiger partial charge in [0.05, 0.1) is 11.3 Å². The molecular formula is C13H15N7O. The van der Waals surface area contributed by atoms with Crippen LogP contribution in [0.15, 0.2) is 18.3 Å². The number of hydrogen-bond acceptors (Lipinski definition) is 5. The van der Waals surface area contributed by atoms with E-state index < -0.39 is 0 Å². The van der Waals surface area contributed by atoms with E-state index in [1.807, 2.05) is 25.6 Å². The van der Waals surface area contributed by atoms with Gasteiger partial charge in [-0.15, -0.1) is 5.10 Å². The number of fused-ring (bicyclic) bond motifs is 1. The Hall–Kier alpha value is -2.77. The number of aryl methyl sites for hydroxylation is 2. The number of carbonyl (C=O) groups excluding carboxylic acids is 1. The van der Waals surface area contributed by atoms with Gasteiger partial charge < -0.3 is 5.32 Å². The summed E-state index contributed by atoms with van der Waals surface area (Å²) in [6, 6.07) is 3.40. The molecule has 8 nitrogen and oxygen atoms in total. The van der Waals surface area contributed by atoms with Crippen molar-refractivity contribution >= 4 is 11.6 Å². The van der Waals surface area contributed by atoms with Gasteiger partial charge in [-0.25, -0.2) is 0 Å². The van der Waals surface area contributed by atoms with Crippen molar-refractivity contribution < 1.29 is 4.79 Å². The van der Waals surface area contributed by atoms with Gasteiger partial charge in [0.2, 0.25) is 0 Å². The number of tetrazole rings is 1. The number of aromatic nitrogens is 6. The summed E-state index contributed by atoms with van der Waals surface area (Å²) in [7, 11) is 1.89. The molecule has 3 aromatic rings. The SMILES string of the molecule is Cc1nn(C)c(C)c1CNC(=O)c1ccc2nnnn2c1. The van der Waals surface area contributed by atoms with Crippen LogP contribution < -0.4 is 5.32 Å². The van der Waals surface area contributed by atoms with E-state index >= 15 is 0 Å². The molecule has 0 aliphatic carbocycles. The third kappa shape index (κ3) is 2.35. The Morgan fingerprint density at radius 1 is 1.33 bits per heavy atom. The number of rotatable bonds is 3. The number of pyridine rings is 1. The molecule has 0 fully saturated rings. The Kier molecular flexibility index (Phi) is 3.13. The zero-order valence-corrected chi connectivity index (χ0v) is 12.0. The summed E-state index contributed by atoms with van der Waals surface area (Å²) in [4.78, 5) is 12.2. The maximum absolute atomic E-state index is 12.2. The number of hydrogen-bond donors (Lipinski definition) is 1. The highest BCUT2D eigenvalue weighted by molar-refractivity contribution is 5.94. The van der Waals surface area contributed by atoms with Crippen LogP contribution in [0.25, 0.3) is 5.65 Å². The molecule has 21 heavy (non-hydrogen) atoms. The molecule has 0 unspecified atom stereocenters. The molecule has 0 atom stereocenters. The smallest absolute Gasteiger partial charge is 0.253 e. The van der Waals surface area contributed by atoms with Gasteiger partial charge in [0, 0.05) is 31.0 Å². The van der Waals surface area contributed by atoms with Crippen molar-refractivity contribution in [3.8, 4) is 0 Å². The molecule has 1 N–H and O–H groups in total. The predicted octanol–water partition coefficient (Wildman–Crippen LogP) is 0.405. The third-order valence-corrected chi connectivity index (χ3v) is 3.54. The average Bonchev–Trinajstić information content (AvgIpc) is 3.02. The Morgan fingerprint density at radius 3 is 2.86 bits per heavy atom. The van der Waals surface area contributed by atoms with Crippen molar-refractivity contribution in [3.05, 3.63) is 40.8 Å². The predicted molar refractivity (Wildman–Crippen MR) is 74.6 cm³/mol. The zero-order valence-electron chi connectivity index (χ0n) is 12.0. The number of amides is 1. The molecule has 108 valence electrons. The van der Waals surface area contributed by atoms with E-state index in [1.54, 1.807) is 18.3 Å². The largest absolute Gasteiger partial charge is 0.348 e. The summed E-state index contributed by atoms with van der Waals surface area (Å²) in [5, 5.41) is 18.3. The summed E-state index contributed by atoms with van der Waals surface area (Å²) in [6.07, 6.45) is 1.60. The molecule has 8 heteroatoms. The van der Waals surface area contributed by atoms with Crippen LogP contribution in [0.4, 0.5) is 0 Å². The van der Waals surface area contributed by atoms with Gasteiger partial charge in [0.1, 0.15) is 0 Å². The molecule has 0 radical (unpaired) electrons. The van der Waals surface area contributed by atoms with Crippen molar-refractivity contribution in [2.75, 3.05) is 0 Å². The lowest BCUT2D eigenvalue weighted by molar-refractivity contribution is 0.0950. The lowest BCUT2D eigenvalue weighted by Gasteiger charge is -2.06. The first-order valence-electron chi connectivity index (χ1n) is 6.51. The summed E-state index contributed by atoms with van der Waals surface area (Å²) < 4.78 is 3.28. The standard InChI is InChI=1S/C13H15N7O/c1-8-11(9(2)19(3)16-8)6-14-13(21)10-4-5-12-15-17-18-20(12)7-10/h4-5,7H,6H2,1-3H3,(H,14,21). The first kappa shape index (κ1) is 13.2. The lowest BCUT2D eigenvalue weighted by atomic mass is 10.2. The van der Waals surface area contributed by atoms with Gasteiger partial charge in [-0.3, -0.25) is 9.48 Å². The molecule has 0 aliphatic rings. The van der Waals surface area contributed by atoms with Crippen LogP contribution in [0.5, 0.6) is 0 Å². The zero-order chi connectivity index (χ0) is 15.0. The van der Waals surface area contributed by atoms with Crippen molar-refractivity contribution in [1.29, 1.82) is 0 Å². The minimum atomic E-state index is -0.171. The number of nitrogens with zero attached hydrogens (tertiary/aromatic N) is 6. The van der Waals surface area contributed by atoms with Gasteiger partial charge in [0.25, 0.3) is 5.91 Å². The van der Waals surface area contributed by atoms with E-state index in [-0.39, 0.29) is 5.91 Å². The number of carbonyl (C=O) groups is 1. The molecule has 3 aromatic heterocycles. The van der Waals surface area contributed by atoms with Crippen molar-refractivity contribution in [2.24, 2.45) is 7.05 Å². The molecule has 1 amide bonds. The van der Waals surface area contributed by atoms with E-state index in [9.17, 15) is 4.79 Å². The highest BCUT2D eigenvalue weighted by atomic mass is 16.1. The topological polar surface area (TPSA) is 90.0 Å². The van der Waals surface area contributed by atoms with Crippen LogP contribution in [0.2, 0.25) is 0 Å². The second-order valence-corrected chi connectivity index (χ2v) is 4.86. The highest BCUT2D eigenvalue weighted by Crippen LogP contribution is 2.11. The third-order valence-electron chi connectivity index (χ3n) is 3.54. The summed E-state index contributed by atoms with van der Waals surface area (Å²) in [6.45, 7) is 4.36. The van der Waals surface area contributed by atoms with E-state index in [4.69, 9.17) is 0 Å². The van der Waals surface area contributed by atoms with Crippen LogP contribution >= 0.6 is 0 Å². The molecule has 0 bridgehead atoms. The average molecular weight is 285 g/mol. The van der Waals surface area contributed by atoms with Crippen molar-refractivity contribution in [2.45, 2.75) is 20.4 Å². The normalized spacial score (nSPS) is 11.0. The van der Waals surface area contributed by atoms with Gasteiger partial charge in [-0.05, 0) is 36.4 Å². The minimum absolute atomic E-state index is 0.171. The lowest BCUT2D eigenvalue weighted by Crippen LogP contribution is -2.23. The van der Waals surface area contributed by atoms with Crippen LogP contribution in [0.1, 0.15) is 27.3 Å². The fourth-order valence-electron chi connectivity index (χ4n) is 2.22. The second-order valence-electron chi connectivity index (χ2n) is 4.86. The molecule has 3 rings (SSSR count). The molecule has 0 spiro atoms. The first-order valence-corrected chi connectivity index (χ1v) is 6.51. The quantitative estimate of drug-likeness (QED) is 0.752. The monoisotopic (exact) mass is 285 g/mol. The van der Waals surface area contributed by atoms with E-state index in [1.165, 1.54) is 4.52 Å². The first-order chi connectivity index (χ1) is 10.1. The molecule has 0 saturated carbocycles. The minimum Gasteiger partial charge on any atom is -0.348 e. The molecule has 3 heterocycles. The van der Waals surface area contributed by atoms with Gasteiger partial charge >= 0.3 is 0 Å². The van der Waals surface area contributed by atoms with Crippen LogP contribution in [0, 0.1) is 13.8 Å². The van der Waals surface area contributed by atoms with Crippen LogP contribution in [-0.2, 0) is 13.6 Å². The maximum Gasteiger partial charge on any atom is 0.253 e. The Bertz CT molecular complexity index is 817. The Morgan fingerprint density at radius 2 is 2.14 bits per heavy atom. The van der Waals surface area contributed by atoms with Gasteiger partial charge in [0.15, 0.2) is 5.65 Å². The Balaban J connectivity index is 1.76.